The molecule has 25 heavy (non-hydrogen) atoms. The summed E-state index contributed by atoms with van der Waals surface area (Å²) in [5.41, 5.74) is 2.00. The second-order valence-electron chi connectivity index (χ2n) is 6.99. The van der Waals surface area contributed by atoms with Crippen molar-refractivity contribution < 1.29 is 9.53 Å². The van der Waals surface area contributed by atoms with Crippen LogP contribution in [-0.2, 0) is 9.53 Å². The maximum absolute atomic E-state index is 12.7. The van der Waals surface area contributed by atoms with E-state index in [1.165, 1.54) is 6.42 Å². The zero-order valence-corrected chi connectivity index (χ0v) is 15.1. The summed E-state index contributed by atoms with van der Waals surface area (Å²) in [5, 5.41) is 0. The van der Waals surface area contributed by atoms with Gasteiger partial charge in [0.1, 0.15) is 0 Å². The second-order valence-corrected chi connectivity index (χ2v) is 6.99. The fourth-order valence-corrected chi connectivity index (χ4v) is 3.69. The Balaban J connectivity index is 1.75. The van der Waals surface area contributed by atoms with Gasteiger partial charge in [-0.3, -0.25) is 9.69 Å². The van der Waals surface area contributed by atoms with Gasteiger partial charge in [-0.15, -0.1) is 0 Å². The highest BCUT2D eigenvalue weighted by Crippen LogP contribution is 2.27. The Morgan fingerprint density at radius 2 is 1.44 bits per heavy atom. The summed E-state index contributed by atoms with van der Waals surface area (Å²) in [5.74, 6) is -0.154. The van der Waals surface area contributed by atoms with Crippen molar-refractivity contribution in [2.75, 3.05) is 6.54 Å². The third-order valence-corrected chi connectivity index (χ3v) is 5.14. The fraction of sp³-hybridized carbons (Fsp3) is 0.409. The smallest absolute Gasteiger partial charge is 0.321 e. The van der Waals surface area contributed by atoms with Crippen molar-refractivity contribution in [1.29, 1.82) is 0 Å². The average molecular weight is 337 g/mol. The quantitative estimate of drug-likeness (QED) is 0.748. The Morgan fingerprint density at radius 1 is 0.960 bits per heavy atom. The zero-order chi connectivity index (χ0) is 17.6. The van der Waals surface area contributed by atoms with Crippen LogP contribution in [0.3, 0.4) is 0 Å². The first-order valence-corrected chi connectivity index (χ1v) is 9.20. The van der Waals surface area contributed by atoms with E-state index in [9.17, 15) is 4.79 Å². The van der Waals surface area contributed by atoms with E-state index < -0.39 is 0 Å². The van der Waals surface area contributed by atoms with Gasteiger partial charge in [0.15, 0.2) is 6.10 Å². The summed E-state index contributed by atoms with van der Waals surface area (Å²) in [7, 11) is 0. The summed E-state index contributed by atoms with van der Waals surface area (Å²) in [6.45, 7) is 4.77. The monoisotopic (exact) mass is 337 g/mol. The molecule has 1 aliphatic heterocycles. The third kappa shape index (κ3) is 4.49. The molecule has 1 saturated heterocycles. The number of carbonyl (C=O) groups excluding carboxylic acids is 1. The number of benzene rings is 2. The standard InChI is InChI=1S/C22H27NO2/c1-17-10-9-11-18(2)23(17)16-21(24)25-22(19-12-5-3-6-13-19)20-14-7-4-8-15-20/h3-8,12-15,17-18,22H,9-11,16H2,1-2H3/t17-,18-/m1/s1. The van der Waals surface area contributed by atoms with Gasteiger partial charge in [-0.2, -0.15) is 0 Å². The molecular weight excluding hydrogens is 310 g/mol. The molecule has 132 valence electrons. The largest absolute Gasteiger partial charge is 0.452 e. The first-order chi connectivity index (χ1) is 12.1. The number of rotatable bonds is 5. The minimum atomic E-state index is -0.356. The van der Waals surface area contributed by atoms with Crippen molar-refractivity contribution in [3.8, 4) is 0 Å². The molecule has 2 atom stereocenters. The molecule has 1 heterocycles. The van der Waals surface area contributed by atoms with Gasteiger partial charge in [0.25, 0.3) is 0 Å². The van der Waals surface area contributed by atoms with Crippen LogP contribution in [0.5, 0.6) is 0 Å². The summed E-state index contributed by atoms with van der Waals surface area (Å²) < 4.78 is 5.94. The van der Waals surface area contributed by atoms with E-state index in [4.69, 9.17) is 4.74 Å². The lowest BCUT2D eigenvalue weighted by Crippen LogP contribution is -2.46. The lowest BCUT2D eigenvalue weighted by atomic mass is 9.97. The number of nitrogens with zero attached hydrogens (tertiary/aromatic N) is 1. The Labute approximate surface area is 150 Å². The molecule has 0 spiro atoms. The first-order valence-electron chi connectivity index (χ1n) is 9.20. The molecule has 3 nitrogen and oxygen atoms in total. The lowest BCUT2D eigenvalue weighted by Gasteiger charge is -2.38. The predicted octanol–water partition coefficient (Wildman–Crippen LogP) is 4.58. The van der Waals surface area contributed by atoms with Crippen LogP contribution in [0.1, 0.15) is 50.3 Å². The van der Waals surface area contributed by atoms with Gasteiger partial charge in [-0.25, -0.2) is 0 Å². The van der Waals surface area contributed by atoms with Crippen molar-refractivity contribution in [1.82, 2.24) is 4.90 Å². The summed E-state index contributed by atoms with van der Waals surface area (Å²) in [6, 6.07) is 20.8. The van der Waals surface area contributed by atoms with Gasteiger partial charge in [-0.1, -0.05) is 67.1 Å². The summed E-state index contributed by atoms with van der Waals surface area (Å²) >= 11 is 0. The van der Waals surface area contributed by atoms with Crippen LogP contribution in [-0.4, -0.2) is 29.5 Å². The van der Waals surface area contributed by atoms with Gasteiger partial charge in [0, 0.05) is 12.1 Å². The molecule has 0 N–H and O–H groups in total. The molecule has 0 amide bonds. The molecule has 3 heteroatoms. The van der Waals surface area contributed by atoms with E-state index in [-0.39, 0.29) is 12.1 Å². The van der Waals surface area contributed by atoms with E-state index >= 15 is 0 Å². The Kier molecular flexibility index (Phi) is 5.87. The van der Waals surface area contributed by atoms with E-state index in [0.717, 1.165) is 24.0 Å². The van der Waals surface area contributed by atoms with Crippen LogP contribution in [0.4, 0.5) is 0 Å². The van der Waals surface area contributed by atoms with Crippen LogP contribution in [0.25, 0.3) is 0 Å². The van der Waals surface area contributed by atoms with Gasteiger partial charge in [0.05, 0.1) is 6.54 Å². The number of hydrogen-bond acceptors (Lipinski definition) is 3. The molecule has 2 aromatic carbocycles. The summed E-state index contributed by atoms with van der Waals surface area (Å²) in [6.07, 6.45) is 3.19. The zero-order valence-electron chi connectivity index (χ0n) is 15.1. The first kappa shape index (κ1) is 17.7. The van der Waals surface area contributed by atoms with Gasteiger partial charge < -0.3 is 4.74 Å². The number of esters is 1. The highest BCUT2D eigenvalue weighted by atomic mass is 16.5. The van der Waals surface area contributed by atoms with Gasteiger partial charge in [0.2, 0.25) is 0 Å². The minimum Gasteiger partial charge on any atom is -0.452 e. The van der Waals surface area contributed by atoms with E-state index in [1.54, 1.807) is 0 Å². The number of likely N-dealkylation sites (tertiary alicyclic amines) is 1. The molecule has 1 fully saturated rings. The van der Waals surface area contributed by atoms with Crippen molar-refractivity contribution >= 4 is 5.97 Å². The molecule has 1 aliphatic rings. The highest BCUT2D eigenvalue weighted by molar-refractivity contribution is 5.72. The molecule has 3 rings (SSSR count). The van der Waals surface area contributed by atoms with Gasteiger partial charge in [-0.05, 0) is 37.8 Å². The Morgan fingerprint density at radius 3 is 1.92 bits per heavy atom. The highest BCUT2D eigenvalue weighted by Gasteiger charge is 2.28. The molecule has 0 unspecified atom stereocenters. The Bertz CT molecular complexity index is 621. The van der Waals surface area contributed by atoms with Crippen LogP contribution >= 0.6 is 0 Å². The SMILES string of the molecule is C[C@@H]1CCC[C@@H](C)N1CC(=O)OC(c1ccccc1)c1ccccc1. The van der Waals surface area contributed by atoms with Crippen LogP contribution < -0.4 is 0 Å². The van der Waals surface area contributed by atoms with Crippen LogP contribution in [0, 0.1) is 0 Å². The van der Waals surface area contributed by atoms with Crippen LogP contribution in [0.2, 0.25) is 0 Å². The van der Waals surface area contributed by atoms with Gasteiger partial charge >= 0.3 is 5.97 Å². The van der Waals surface area contributed by atoms with E-state index in [0.29, 0.717) is 18.6 Å². The minimum absolute atomic E-state index is 0.154. The fourth-order valence-electron chi connectivity index (χ4n) is 3.69. The number of hydrogen-bond donors (Lipinski definition) is 0. The number of piperidine rings is 1. The second kappa shape index (κ2) is 8.30. The van der Waals surface area contributed by atoms with Crippen LogP contribution in [0.15, 0.2) is 60.7 Å². The number of ether oxygens (including phenoxy) is 1. The molecule has 0 bridgehead atoms. The lowest BCUT2D eigenvalue weighted by molar-refractivity contribution is -0.150. The molecular formula is C22H27NO2. The topological polar surface area (TPSA) is 29.5 Å². The third-order valence-electron chi connectivity index (χ3n) is 5.14. The van der Waals surface area contributed by atoms with Crippen molar-refractivity contribution in [3.05, 3.63) is 71.8 Å². The molecule has 0 aromatic heterocycles. The van der Waals surface area contributed by atoms with E-state index in [2.05, 4.69) is 18.7 Å². The predicted molar refractivity (Wildman–Crippen MR) is 100 cm³/mol. The van der Waals surface area contributed by atoms with E-state index in [1.807, 2.05) is 60.7 Å². The van der Waals surface area contributed by atoms with Crippen molar-refractivity contribution in [3.63, 3.8) is 0 Å². The Hall–Kier alpha value is -2.13. The molecule has 0 aliphatic carbocycles. The molecule has 0 radical (unpaired) electrons. The van der Waals surface area contributed by atoms with Crippen molar-refractivity contribution in [2.45, 2.75) is 51.3 Å². The maximum atomic E-state index is 12.7. The molecule has 2 aromatic rings. The maximum Gasteiger partial charge on any atom is 0.321 e. The average Bonchev–Trinajstić information content (AvgIpc) is 2.64. The molecule has 0 saturated carbocycles. The normalized spacial score (nSPS) is 21.2. The summed E-state index contributed by atoms with van der Waals surface area (Å²) in [4.78, 5) is 15.0. The van der Waals surface area contributed by atoms with Crippen molar-refractivity contribution in [2.24, 2.45) is 0 Å². The number of carbonyl (C=O) groups is 1.